The van der Waals surface area contributed by atoms with Crippen molar-refractivity contribution in [3.63, 3.8) is 0 Å². The summed E-state index contributed by atoms with van der Waals surface area (Å²) in [6.45, 7) is 2.20. The number of nitriles is 1. The molecular formula is C22H22N4O. The molecule has 0 unspecified atom stereocenters. The van der Waals surface area contributed by atoms with Crippen LogP contribution < -0.4 is 0 Å². The lowest BCUT2D eigenvalue weighted by Crippen LogP contribution is -2.33. The zero-order chi connectivity index (χ0) is 18.6. The van der Waals surface area contributed by atoms with Crippen molar-refractivity contribution in [2.45, 2.75) is 25.3 Å². The van der Waals surface area contributed by atoms with Gasteiger partial charge in [0.1, 0.15) is 0 Å². The molecule has 0 saturated carbocycles. The Balaban J connectivity index is 1.50. The van der Waals surface area contributed by atoms with Crippen LogP contribution in [-0.2, 0) is 6.42 Å². The second-order valence-electron chi connectivity index (χ2n) is 7.06. The van der Waals surface area contributed by atoms with Crippen LogP contribution in [0.3, 0.4) is 0 Å². The lowest BCUT2D eigenvalue weighted by atomic mass is 10.0. The van der Waals surface area contributed by atoms with Crippen LogP contribution in [0.5, 0.6) is 0 Å². The van der Waals surface area contributed by atoms with Gasteiger partial charge in [0.15, 0.2) is 0 Å². The average Bonchev–Trinajstić information content (AvgIpc) is 3.19. The standard InChI is InChI=1S/C22H22N4O/c23-14-16-3-5-17(6-4-16)18-7-8-19-12-20(24-25-22(19)13-18)9-11-26-10-1-2-21(26)15-27/h3-8,12-13,21,27H,1-2,9-11,15H2/t21-/m1/s1. The monoisotopic (exact) mass is 358 g/mol. The quantitative estimate of drug-likeness (QED) is 0.758. The number of benzene rings is 2. The summed E-state index contributed by atoms with van der Waals surface area (Å²) < 4.78 is 0. The molecule has 1 fully saturated rings. The molecule has 5 nitrogen and oxygen atoms in total. The first-order valence-corrected chi connectivity index (χ1v) is 9.38. The lowest BCUT2D eigenvalue weighted by Gasteiger charge is -2.22. The minimum absolute atomic E-state index is 0.238. The van der Waals surface area contributed by atoms with Crippen LogP contribution in [0.4, 0.5) is 0 Å². The summed E-state index contributed by atoms with van der Waals surface area (Å²) in [5.41, 5.74) is 4.64. The summed E-state index contributed by atoms with van der Waals surface area (Å²) in [5.74, 6) is 0. The number of fused-ring (bicyclic) bond motifs is 1. The van der Waals surface area contributed by atoms with Gasteiger partial charge >= 0.3 is 0 Å². The fraction of sp³-hybridized carbons (Fsp3) is 0.318. The molecular weight excluding hydrogens is 336 g/mol. The molecule has 0 amide bonds. The molecule has 2 aromatic carbocycles. The molecule has 5 heteroatoms. The van der Waals surface area contributed by atoms with E-state index < -0.39 is 0 Å². The van der Waals surface area contributed by atoms with E-state index in [4.69, 9.17) is 5.26 Å². The van der Waals surface area contributed by atoms with Gasteiger partial charge in [-0.15, -0.1) is 0 Å². The maximum atomic E-state index is 9.44. The van der Waals surface area contributed by atoms with Gasteiger partial charge < -0.3 is 5.11 Å². The maximum absolute atomic E-state index is 9.44. The fourth-order valence-corrected chi connectivity index (χ4v) is 3.77. The second kappa shape index (κ2) is 7.83. The van der Waals surface area contributed by atoms with Crippen LogP contribution in [0.2, 0.25) is 0 Å². The van der Waals surface area contributed by atoms with Crippen LogP contribution in [0.1, 0.15) is 24.1 Å². The molecule has 0 aliphatic carbocycles. The van der Waals surface area contributed by atoms with E-state index in [9.17, 15) is 5.11 Å². The van der Waals surface area contributed by atoms with Crippen molar-refractivity contribution >= 4 is 10.9 Å². The molecule has 3 aromatic rings. The third-order valence-corrected chi connectivity index (χ3v) is 5.35. The normalized spacial score (nSPS) is 17.3. The van der Waals surface area contributed by atoms with Crippen molar-refractivity contribution < 1.29 is 5.11 Å². The molecule has 1 aromatic heterocycles. The molecule has 1 aliphatic rings. The minimum Gasteiger partial charge on any atom is -0.395 e. The van der Waals surface area contributed by atoms with Crippen LogP contribution in [0.15, 0.2) is 48.5 Å². The second-order valence-corrected chi connectivity index (χ2v) is 7.06. The first-order valence-electron chi connectivity index (χ1n) is 9.38. The molecule has 1 N–H and O–H groups in total. The molecule has 1 atom stereocenters. The summed E-state index contributed by atoms with van der Waals surface area (Å²) in [4.78, 5) is 2.35. The van der Waals surface area contributed by atoms with E-state index in [2.05, 4.69) is 39.4 Å². The zero-order valence-electron chi connectivity index (χ0n) is 15.2. The third-order valence-electron chi connectivity index (χ3n) is 5.35. The van der Waals surface area contributed by atoms with E-state index >= 15 is 0 Å². The number of rotatable bonds is 5. The number of hydrogen-bond donors (Lipinski definition) is 1. The molecule has 1 saturated heterocycles. The topological polar surface area (TPSA) is 73.0 Å². The van der Waals surface area contributed by atoms with Crippen molar-refractivity contribution in [2.24, 2.45) is 0 Å². The number of hydrogen-bond acceptors (Lipinski definition) is 5. The maximum Gasteiger partial charge on any atom is 0.0991 e. The van der Waals surface area contributed by atoms with E-state index in [-0.39, 0.29) is 6.61 Å². The van der Waals surface area contributed by atoms with E-state index in [0.717, 1.165) is 60.1 Å². The van der Waals surface area contributed by atoms with Crippen molar-refractivity contribution in [2.75, 3.05) is 19.7 Å². The van der Waals surface area contributed by atoms with Gasteiger partial charge in [0, 0.05) is 24.4 Å². The van der Waals surface area contributed by atoms with Gasteiger partial charge in [0.05, 0.1) is 29.5 Å². The van der Waals surface area contributed by atoms with Crippen LogP contribution in [0.25, 0.3) is 22.0 Å². The van der Waals surface area contributed by atoms with Gasteiger partial charge in [0.2, 0.25) is 0 Å². The van der Waals surface area contributed by atoms with Gasteiger partial charge in [-0.05, 0) is 54.8 Å². The van der Waals surface area contributed by atoms with Gasteiger partial charge in [-0.2, -0.15) is 15.5 Å². The Bertz CT molecular complexity index is 978. The summed E-state index contributed by atoms with van der Waals surface area (Å²) in [6, 6.07) is 18.3. The Kier molecular flexibility index (Phi) is 5.10. The van der Waals surface area contributed by atoms with Crippen molar-refractivity contribution in [1.29, 1.82) is 5.26 Å². The lowest BCUT2D eigenvalue weighted by molar-refractivity contribution is 0.160. The van der Waals surface area contributed by atoms with Gasteiger partial charge in [-0.3, -0.25) is 4.90 Å². The van der Waals surface area contributed by atoms with Crippen molar-refractivity contribution in [3.05, 3.63) is 59.8 Å². The molecule has 136 valence electrons. The molecule has 0 radical (unpaired) electrons. The van der Waals surface area contributed by atoms with Crippen molar-refractivity contribution in [3.8, 4) is 17.2 Å². The predicted molar refractivity (Wildman–Crippen MR) is 105 cm³/mol. The number of aliphatic hydroxyl groups is 1. The SMILES string of the molecule is N#Cc1ccc(-c2ccc3cc(CCN4CCC[C@@H]4CO)nnc3c2)cc1. The highest BCUT2D eigenvalue weighted by molar-refractivity contribution is 5.84. The van der Waals surface area contributed by atoms with Crippen LogP contribution in [-0.4, -0.2) is 45.9 Å². The largest absolute Gasteiger partial charge is 0.395 e. The number of likely N-dealkylation sites (tertiary alicyclic amines) is 1. The van der Waals surface area contributed by atoms with E-state index in [0.29, 0.717) is 11.6 Å². The highest BCUT2D eigenvalue weighted by atomic mass is 16.3. The highest BCUT2D eigenvalue weighted by Gasteiger charge is 2.23. The van der Waals surface area contributed by atoms with Gasteiger partial charge in [-0.25, -0.2) is 0 Å². The Morgan fingerprint density at radius 2 is 1.89 bits per heavy atom. The Morgan fingerprint density at radius 3 is 2.67 bits per heavy atom. The predicted octanol–water partition coefficient (Wildman–Crippen LogP) is 3.17. The Hall–Kier alpha value is -2.81. The van der Waals surface area contributed by atoms with Gasteiger partial charge in [-0.1, -0.05) is 24.3 Å². The minimum atomic E-state index is 0.238. The van der Waals surface area contributed by atoms with Gasteiger partial charge in [0.25, 0.3) is 0 Å². The molecule has 0 bridgehead atoms. The Morgan fingerprint density at radius 1 is 1.07 bits per heavy atom. The zero-order valence-corrected chi connectivity index (χ0v) is 15.2. The van der Waals surface area contributed by atoms with E-state index in [1.807, 2.05) is 30.3 Å². The molecule has 2 heterocycles. The van der Waals surface area contributed by atoms with E-state index in [1.165, 1.54) is 0 Å². The molecule has 4 rings (SSSR count). The molecule has 1 aliphatic heterocycles. The first kappa shape index (κ1) is 17.6. The van der Waals surface area contributed by atoms with E-state index in [1.54, 1.807) is 0 Å². The smallest absolute Gasteiger partial charge is 0.0991 e. The Labute approximate surface area is 158 Å². The van der Waals surface area contributed by atoms with Crippen molar-refractivity contribution in [1.82, 2.24) is 15.1 Å². The highest BCUT2D eigenvalue weighted by Crippen LogP contribution is 2.24. The van der Waals surface area contributed by atoms with Crippen LogP contribution >= 0.6 is 0 Å². The summed E-state index contributed by atoms with van der Waals surface area (Å²) in [7, 11) is 0. The third kappa shape index (κ3) is 3.82. The number of aromatic nitrogens is 2. The average molecular weight is 358 g/mol. The fourth-order valence-electron chi connectivity index (χ4n) is 3.77. The summed E-state index contributed by atoms with van der Waals surface area (Å²) in [5, 5.41) is 28.3. The number of aliphatic hydroxyl groups excluding tert-OH is 1. The van der Waals surface area contributed by atoms with Crippen LogP contribution in [0, 0.1) is 11.3 Å². The summed E-state index contributed by atoms with van der Waals surface area (Å²) >= 11 is 0. The molecule has 27 heavy (non-hydrogen) atoms. The first-order chi connectivity index (χ1) is 13.3. The molecule has 0 spiro atoms. The summed E-state index contributed by atoms with van der Waals surface area (Å²) in [6.07, 6.45) is 3.08. The number of nitrogens with zero attached hydrogens (tertiary/aromatic N) is 4.